The van der Waals surface area contributed by atoms with Crippen LogP contribution in [-0.2, 0) is 6.42 Å². The van der Waals surface area contributed by atoms with E-state index in [2.05, 4.69) is 39.2 Å². The fourth-order valence-corrected chi connectivity index (χ4v) is 3.28. The van der Waals surface area contributed by atoms with Crippen molar-refractivity contribution in [2.24, 2.45) is 5.73 Å². The Morgan fingerprint density at radius 1 is 1.00 bits per heavy atom. The first-order valence-corrected chi connectivity index (χ1v) is 9.96. The summed E-state index contributed by atoms with van der Waals surface area (Å²) in [7, 11) is 0. The van der Waals surface area contributed by atoms with E-state index in [0.29, 0.717) is 6.54 Å². The average Bonchev–Trinajstić information content (AvgIpc) is 2.96. The van der Waals surface area contributed by atoms with Gasteiger partial charge in [0.2, 0.25) is 0 Å². The Balaban J connectivity index is 1.67. The molecule has 1 aromatic heterocycles. The first-order valence-electron chi connectivity index (χ1n) is 8.84. The summed E-state index contributed by atoms with van der Waals surface area (Å²) in [5.41, 5.74) is 8.10. The van der Waals surface area contributed by atoms with Gasteiger partial charge in [0.05, 0.1) is 6.61 Å². The molecular formula is C19H29BrN2O. The molecule has 0 fully saturated rings. The third kappa shape index (κ3) is 6.19. The van der Waals surface area contributed by atoms with Gasteiger partial charge in [-0.15, -0.1) is 0 Å². The van der Waals surface area contributed by atoms with Gasteiger partial charge >= 0.3 is 0 Å². The highest BCUT2D eigenvalue weighted by Gasteiger charge is 2.04. The van der Waals surface area contributed by atoms with Crippen molar-refractivity contribution in [3.8, 4) is 5.75 Å². The largest absolute Gasteiger partial charge is 0.494 e. The van der Waals surface area contributed by atoms with E-state index >= 15 is 0 Å². The highest BCUT2D eigenvalue weighted by atomic mass is 79.9. The molecule has 0 saturated carbocycles. The second kappa shape index (κ2) is 10.7. The van der Waals surface area contributed by atoms with Gasteiger partial charge < -0.3 is 15.5 Å². The topological polar surface area (TPSA) is 51.0 Å². The van der Waals surface area contributed by atoms with Gasteiger partial charge in [-0.25, -0.2) is 0 Å². The molecule has 0 radical (unpaired) electrons. The van der Waals surface area contributed by atoms with Gasteiger partial charge in [0.1, 0.15) is 5.75 Å². The minimum absolute atomic E-state index is 0.674. The lowest BCUT2D eigenvalue weighted by Crippen LogP contribution is -2.02. The number of unbranched alkanes of at least 4 members (excludes halogenated alkanes) is 6. The average molecular weight is 381 g/mol. The van der Waals surface area contributed by atoms with Crippen LogP contribution >= 0.6 is 15.9 Å². The molecule has 0 spiro atoms. The van der Waals surface area contributed by atoms with Crippen molar-refractivity contribution in [3.63, 3.8) is 0 Å². The van der Waals surface area contributed by atoms with Crippen LogP contribution in [0.25, 0.3) is 10.9 Å². The molecule has 0 aliphatic carbocycles. The quantitative estimate of drug-likeness (QED) is 0.393. The van der Waals surface area contributed by atoms with Crippen molar-refractivity contribution in [1.82, 2.24) is 4.98 Å². The lowest BCUT2D eigenvalue weighted by Gasteiger charge is -2.07. The summed E-state index contributed by atoms with van der Waals surface area (Å²) >= 11 is 3.48. The first kappa shape index (κ1) is 18.3. The van der Waals surface area contributed by atoms with Crippen LogP contribution in [0.5, 0.6) is 5.75 Å². The molecule has 23 heavy (non-hydrogen) atoms. The van der Waals surface area contributed by atoms with Gasteiger partial charge in [-0.3, -0.25) is 0 Å². The Labute approximate surface area is 148 Å². The second-order valence-corrected chi connectivity index (χ2v) is 6.87. The zero-order valence-electron chi connectivity index (χ0n) is 14.0. The Morgan fingerprint density at radius 2 is 1.74 bits per heavy atom. The zero-order chi connectivity index (χ0) is 16.3. The molecular weight excluding hydrogens is 352 g/mol. The fourth-order valence-electron chi connectivity index (χ4n) is 2.88. The molecule has 0 amide bonds. The molecule has 0 bridgehead atoms. The van der Waals surface area contributed by atoms with Crippen LogP contribution in [-0.4, -0.2) is 23.5 Å². The lowest BCUT2D eigenvalue weighted by molar-refractivity contribution is 0.304. The zero-order valence-corrected chi connectivity index (χ0v) is 15.5. The predicted molar refractivity (Wildman–Crippen MR) is 103 cm³/mol. The maximum Gasteiger partial charge on any atom is 0.120 e. The monoisotopic (exact) mass is 380 g/mol. The third-order valence-electron chi connectivity index (χ3n) is 4.20. The normalized spacial score (nSPS) is 11.2. The number of hydrogen-bond donors (Lipinski definition) is 2. The highest BCUT2D eigenvalue weighted by Crippen LogP contribution is 2.24. The van der Waals surface area contributed by atoms with Crippen molar-refractivity contribution in [3.05, 3.63) is 30.0 Å². The van der Waals surface area contributed by atoms with Gasteiger partial charge in [-0.2, -0.15) is 0 Å². The van der Waals surface area contributed by atoms with Crippen LogP contribution in [0, 0.1) is 0 Å². The number of nitrogens with two attached hydrogens (primary N) is 1. The van der Waals surface area contributed by atoms with Gasteiger partial charge in [0.15, 0.2) is 0 Å². The predicted octanol–water partition coefficient (Wildman–Crippen LogP) is 5.17. The van der Waals surface area contributed by atoms with Crippen molar-refractivity contribution in [2.75, 3.05) is 18.5 Å². The molecule has 0 aliphatic heterocycles. The molecule has 2 rings (SSSR count). The standard InChI is InChI=1S/C19H29BrN2O/c20-11-6-4-2-1-3-5-7-13-23-17-8-9-19-18(14-17)16(10-12-21)15-22-19/h8-9,14-15,22H,1-7,10-13,21H2. The van der Waals surface area contributed by atoms with E-state index in [9.17, 15) is 0 Å². The van der Waals surface area contributed by atoms with Gasteiger partial charge in [-0.1, -0.05) is 48.0 Å². The van der Waals surface area contributed by atoms with E-state index in [0.717, 1.165) is 36.0 Å². The summed E-state index contributed by atoms with van der Waals surface area (Å²) in [4.78, 5) is 3.29. The number of rotatable bonds is 12. The summed E-state index contributed by atoms with van der Waals surface area (Å²) in [6.07, 6.45) is 12.0. The van der Waals surface area contributed by atoms with Gasteiger partial charge in [0.25, 0.3) is 0 Å². The second-order valence-electron chi connectivity index (χ2n) is 6.07. The van der Waals surface area contributed by atoms with Crippen molar-refractivity contribution >= 4 is 26.8 Å². The number of hydrogen-bond acceptors (Lipinski definition) is 2. The summed E-state index contributed by atoms with van der Waals surface area (Å²) < 4.78 is 5.91. The molecule has 3 nitrogen and oxygen atoms in total. The number of fused-ring (bicyclic) bond motifs is 1. The number of alkyl halides is 1. The molecule has 0 unspecified atom stereocenters. The third-order valence-corrected chi connectivity index (χ3v) is 4.76. The van der Waals surface area contributed by atoms with Crippen LogP contribution in [0.3, 0.4) is 0 Å². The molecule has 0 saturated heterocycles. The Bertz CT molecular complexity index is 567. The van der Waals surface area contributed by atoms with Crippen molar-refractivity contribution < 1.29 is 4.74 Å². The number of H-pyrrole nitrogens is 1. The number of ether oxygens (including phenoxy) is 1. The van der Waals surface area contributed by atoms with Crippen LogP contribution < -0.4 is 10.5 Å². The van der Waals surface area contributed by atoms with E-state index in [1.807, 2.05) is 6.07 Å². The molecule has 1 heterocycles. The molecule has 3 N–H and O–H groups in total. The van der Waals surface area contributed by atoms with Crippen LogP contribution in [0.1, 0.15) is 50.5 Å². The van der Waals surface area contributed by atoms with Gasteiger partial charge in [-0.05, 0) is 49.6 Å². The molecule has 1 aromatic carbocycles. The molecule has 2 aromatic rings. The summed E-state index contributed by atoms with van der Waals surface area (Å²) in [6.45, 7) is 1.48. The summed E-state index contributed by atoms with van der Waals surface area (Å²) in [6, 6.07) is 6.27. The summed E-state index contributed by atoms with van der Waals surface area (Å²) in [5, 5.41) is 2.37. The number of benzene rings is 1. The van der Waals surface area contributed by atoms with E-state index in [-0.39, 0.29) is 0 Å². The van der Waals surface area contributed by atoms with Crippen LogP contribution in [0.15, 0.2) is 24.4 Å². The number of aromatic nitrogens is 1. The first-order chi connectivity index (χ1) is 11.3. The molecule has 128 valence electrons. The number of nitrogens with one attached hydrogen (secondary N) is 1. The molecule has 0 aliphatic rings. The highest BCUT2D eigenvalue weighted by molar-refractivity contribution is 9.09. The maximum absolute atomic E-state index is 5.91. The summed E-state index contributed by atoms with van der Waals surface area (Å²) in [5.74, 6) is 0.965. The van der Waals surface area contributed by atoms with Crippen molar-refractivity contribution in [1.29, 1.82) is 0 Å². The van der Waals surface area contributed by atoms with E-state index in [1.165, 1.54) is 49.5 Å². The lowest BCUT2D eigenvalue weighted by atomic mass is 10.1. The maximum atomic E-state index is 5.91. The van der Waals surface area contributed by atoms with E-state index in [1.54, 1.807) is 0 Å². The fraction of sp³-hybridized carbons (Fsp3) is 0.579. The molecule has 0 atom stereocenters. The number of halogens is 1. The minimum atomic E-state index is 0.674. The van der Waals surface area contributed by atoms with Crippen LogP contribution in [0.4, 0.5) is 0 Å². The van der Waals surface area contributed by atoms with Crippen molar-refractivity contribution in [2.45, 2.75) is 51.4 Å². The Hall–Kier alpha value is -1.00. The SMILES string of the molecule is NCCc1c[nH]c2ccc(OCCCCCCCCCBr)cc12. The smallest absolute Gasteiger partial charge is 0.120 e. The Morgan fingerprint density at radius 3 is 2.48 bits per heavy atom. The van der Waals surface area contributed by atoms with E-state index in [4.69, 9.17) is 10.5 Å². The van der Waals surface area contributed by atoms with Gasteiger partial charge in [0, 0.05) is 22.4 Å². The minimum Gasteiger partial charge on any atom is -0.494 e. The Kier molecular flexibility index (Phi) is 8.54. The molecule has 4 heteroatoms. The van der Waals surface area contributed by atoms with E-state index < -0.39 is 0 Å². The van der Waals surface area contributed by atoms with Crippen LogP contribution in [0.2, 0.25) is 0 Å². The number of aromatic amines is 1.